The molecule has 0 aromatic heterocycles. The zero-order valence-electron chi connectivity index (χ0n) is 21.8. The summed E-state index contributed by atoms with van der Waals surface area (Å²) in [6.45, 7) is 7.33. The van der Waals surface area contributed by atoms with E-state index in [0.717, 1.165) is 25.3 Å². The van der Waals surface area contributed by atoms with Crippen molar-refractivity contribution < 1.29 is 40.7 Å². The van der Waals surface area contributed by atoms with Gasteiger partial charge in [0, 0.05) is 19.0 Å². The van der Waals surface area contributed by atoms with E-state index >= 15 is 0 Å². The molecule has 1 saturated heterocycles. The lowest BCUT2D eigenvalue weighted by atomic mass is 9.95. The number of carbonyl (C=O) groups excluding carboxylic acids is 2. The molecule has 1 heterocycles. The summed E-state index contributed by atoms with van der Waals surface area (Å²) in [6, 6.07) is 6.89. The van der Waals surface area contributed by atoms with Gasteiger partial charge in [-0.2, -0.15) is 13.2 Å². The van der Waals surface area contributed by atoms with E-state index in [4.69, 9.17) is 4.74 Å². The molecule has 208 valence electrons. The van der Waals surface area contributed by atoms with Crippen LogP contribution in [0.2, 0.25) is 0 Å². The third-order valence-corrected chi connectivity index (χ3v) is 7.51. The number of likely N-dealkylation sites (tertiary alicyclic amines) is 1. The topological polar surface area (TPSA) is 102 Å². The van der Waals surface area contributed by atoms with Crippen molar-refractivity contribution >= 4 is 27.8 Å². The molecule has 0 spiro atoms. The predicted octanol–water partition coefficient (Wildman–Crippen LogP) is 5.58. The minimum atomic E-state index is -4.71. The highest BCUT2D eigenvalue weighted by Gasteiger charge is 2.35. The SMILES string of the molecule is CCc1ccc(C(=O)OC)cc1S(=O)(=O)Nc1cc(C(F)(F)F)ccc1C1CCN(C(=O)OC(C)(C)C)C1. The molecule has 1 fully saturated rings. The van der Waals surface area contributed by atoms with Crippen molar-refractivity contribution in [2.45, 2.75) is 63.1 Å². The van der Waals surface area contributed by atoms with Crippen molar-refractivity contribution in [2.24, 2.45) is 0 Å². The number of nitrogens with zero attached hydrogens (tertiary/aromatic N) is 1. The number of benzene rings is 2. The molecular weight excluding hydrogens is 525 g/mol. The predicted molar refractivity (Wildman–Crippen MR) is 135 cm³/mol. The minimum Gasteiger partial charge on any atom is -0.465 e. The van der Waals surface area contributed by atoms with Gasteiger partial charge in [0.15, 0.2) is 0 Å². The third-order valence-electron chi connectivity index (χ3n) is 6.06. The van der Waals surface area contributed by atoms with E-state index in [-0.39, 0.29) is 22.7 Å². The Morgan fingerprint density at radius 2 is 1.79 bits per heavy atom. The average molecular weight is 557 g/mol. The first kappa shape index (κ1) is 29.3. The van der Waals surface area contributed by atoms with Crippen LogP contribution in [0.5, 0.6) is 0 Å². The third kappa shape index (κ3) is 6.77. The largest absolute Gasteiger partial charge is 0.465 e. The van der Waals surface area contributed by atoms with Crippen molar-refractivity contribution in [3.05, 3.63) is 58.7 Å². The summed E-state index contributed by atoms with van der Waals surface area (Å²) in [7, 11) is -3.27. The minimum absolute atomic E-state index is 0.0156. The zero-order valence-corrected chi connectivity index (χ0v) is 22.6. The molecule has 1 aliphatic heterocycles. The first-order chi connectivity index (χ1) is 17.6. The van der Waals surface area contributed by atoms with Crippen LogP contribution in [0.1, 0.15) is 67.1 Å². The Hall–Kier alpha value is -3.28. The number of esters is 1. The Morgan fingerprint density at radius 1 is 1.11 bits per heavy atom. The van der Waals surface area contributed by atoms with Gasteiger partial charge in [0.1, 0.15) is 5.60 Å². The summed E-state index contributed by atoms with van der Waals surface area (Å²) in [6.07, 6.45) is -4.57. The van der Waals surface area contributed by atoms with Gasteiger partial charge >= 0.3 is 18.2 Å². The summed E-state index contributed by atoms with van der Waals surface area (Å²) in [5, 5.41) is 0. The van der Waals surface area contributed by atoms with E-state index in [1.54, 1.807) is 27.7 Å². The number of carbonyl (C=O) groups is 2. The number of alkyl halides is 3. The molecule has 1 atom stereocenters. The summed E-state index contributed by atoms with van der Waals surface area (Å²) in [5.41, 5.74) is -1.33. The van der Waals surface area contributed by atoms with Crippen molar-refractivity contribution in [1.29, 1.82) is 0 Å². The van der Waals surface area contributed by atoms with Crippen LogP contribution >= 0.6 is 0 Å². The number of amides is 1. The van der Waals surface area contributed by atoms with Crippen LogP contribution in [0, 0.1) is 0 Å². The second kappa shape index (κ2) is 10.8. The Labute approximate surface area is 220 Å². The fourth-order valence-electron chi connectivity index (χ4n) is 4.22. The Morgan fingerprint density at radius 3 is 2.37 bits per heavy atom. The zero-order chi connectivity index (χ0) is 28.5. The Balaban J connectivity index is 2.02. The normalized spacial score (nSPS) is 16.3. The molecule has 1 N–H and O–H groups in total. The highest BCUT2D eigenvalue weighted by Crippen LogP contribution is 2.38. The number of aryl methyl sites for hydroxylation is 1. The number of sulfonamides is 1. The van der Waals surface area contributed by atoms with E-state index in [2.05, 4.69) is 9.46 Å². The smallest absolute Gasteiger partial charge is 0.416 e. The molecule has 3 rings (SSSR count). The monoisotopic (exact) mass is 556 g/mol. The van der Waals surface area contributed by atoms with Gasteiger partial charge in [-0.15, -0.1) is 0 Å². The van der Waals surface area contributed by atoms with Crippen LogP contribution in [0.15, 0.2) is 41.3 Å². The first-order valence-corrected chi connectivity index (χ1v) is 13.5. The van der Waals surface area contributed by atoms with E-state index in [0.29, 0.717) is 30.5 Å². The molecule has 0 aliphatic carbocycles. The van der Waals surface area contributed by atoms with Gasteiger partial charge in [0.05, 0.1) is 28.8 Å². The average Bonchev–Trinajstić information content (AvgIpc) is 3.31. The molecule has 2 aromatic rings. The highest BCUT2D eigenvalue weighted by molar-refractivity contribution is 7.92. The molecular formula is C26H31F3N2O6S. The van der Waals surface area contributed by atoms with Crippen LogP contribution < -0.4 is 4.72 Å². The summed E-state index contributed by atoms with van der Waals surface area (Å²) >= 11 is 0. The maximum Gasteiger partial charge on any atom is 0.416 e. The number of nitrogens with one attached hydrogen (secondary N) is 1. The van der Waals surface area contributed by atoms with Crippen molar-refractivity contribution in [1.82, 2.24) is 4.90 Å². The molecule has 0 radical (unpaired) electrons. The second-order valence-corrected chi connectivity index (χ2v) is 11.6. The van der Waals surface area contributed by atoms with Crippen LogP contribution in [0.4, 0.5) is 23.7 Å². The number of anilines is 1. The van der Waals surface area contributed by atoms with Crippen LogP contribution in [0.25, 0.3) is 0 Å². The van der Waals surface area contributed by atoms with E-state index < -0.39 is 45.3 Å². The van der Waals surface area contributed by atoms with Crippen LogP contribution in [-0.2, 0) is 32.1 Å². The van der Waals surface area contributed by atoms with E-state index in [1.165, 1.54) is 23.1 Å². The summed E-state index contributed by atoms with van der Waals surface area (Å²) in [5.74, 6) is -1.19. The van der Waals surface area contributed by atoms with Crippen LogP contribution in [0.3, 0.4) is 0 Å². The number of methoxy groups -OCH3 is 1. The highest BCUT2D eigenvalue weighted by atomic mass is 32.2. The maximum atomic E-state index is 13.6. The van der Waals surface area contributed by atoms with Gasteiger partial charge < -0.3 is 14.4 Å². The number of hydrogen-bond donors (Lipinski definition) is 1. The summed E-state index contributed by atoms with van der Waals surface area (Å²) in [4.78, 5) is 25.7. The van der Waals surface area contributed by atoms with Gasteiger partial charge in [0.25, 0.3) is 10.0 Å². The fraction of sp³-hybridized carbons (Fsp3) is 0.462. The lowest BCUT2D eigenvalue weighted by Gasteiger charge is -2.25. The number of halogens is 3. The molecule has 0 bridgehead atoms. The van der Waals surface area contributed by atoms with Gasteiger partial charge in [-0.1, -0.05) is 19.1 Å². The van der Waals surface area contributed by atoms with Gasteiger partial charge in [-0.3, -0.25) is 4.72 Å². The molecule has 0 saturated carbocycles. The first-order valence-electron chi connectivity index (χ1n) is 12.0. The molecule has 12 heteroatoms. The molecule has 1 unspecified atom stereocenters. The molecule has 8 nitrogen and oxygen atoms in total. The molecule has 38 heavy (non-hydrogen) atoms. The van der Waals surface area contributed by atoms with Crippen molar-refractivity contribution in [3.63, 3.8) is 0 Å². The second-order valence-electron chi connectivity index (χ2n) is 9.98. The van der Waals surface area contributed by atoms with Crippen LogP contribution in [-0.4, -0.2) is 51.2 Å². The van der Waals surface area contributed by atoms with Gasteiger partial charge in [-0.05, 0) is 69.0 Å². The lowest BCUT2D eigenvalue weighted by Crippen LogP contribution is -2.35. The van der Waals surface area contributed by atoms with Gasteiger partial charge in [0.2, 0.25) is 0 Å². The molecule has 1 amide bonds. The van der Waals surface area contributed by atoms with E-state index in [9.17, 15) is 31.2 Å². The Bertz CT molecular complexity index is 1320. The lowest BCUT2D eigenvalue weighted by molar-refractivity contribution is -0.137. The summed E-state index contributed by atoms with van der Waals surface area (Å²) < 4.78 is 80.0. The molecule has 1 aliphatic rings. The van der Waals surface area contributed by atoms with Crippen molar-refractivity contribution in [2.75, 3.05) is 24.9 Å². The van der Waals surface area contributed by atoms with Gasteiger partial charge in [-0.25, -0.2) is 18.0 Å². The standard InChI is InChI=1S/C26H31F3N2O6S/c1-6-16-7-8-17(23(32)36-5)13-22(16)38(34,35)30-21-14-19(26(27,28)29)9-10-20(21)18-11-12-31(15-18)24(33)37-25(2,3)4/h7-10,13-14,18,30H,6,11-12,15H2,1-5H3. The number of rotatable bonds is 6. The maximum absolute atomic E-state index is 13.6. The number of ether oxygens (including phenoxy) is 2. The molecule has 2 aromatic carbocycles. The number of hydrogen-bond acceptors (Lipinski definition) is 6. The van der Waals surface area contributed by atoms with Crippen molar-refractivity contribution in [3.8, 4) is 0 Å². The quantitative estimate of drug-likeness (QED) is 0.466. The fourth-order valence-corrected chi connectivity index (χ4v) is 5.64. The Kier molecular flexibility index (Phi) is 8.35. The van der Waals surface area contributed by atoms with E-state index in [1.807, 2.05) is 0 Å².